The van der Waals surface area contributed by atoms with Crippen molar-refractivity contribution < 1.29 is 13.2 Å². The summed E-state index contributed by atoms with van der Waals surface area (Å²) in [5.41, 5.74) is 3.73. The average Bonchev–Trinajstić information content (AvgIpc) is 3.14. The standard InChI is InChI=1S/C21H19N3O3S/c1-15-7-5-6-10-19(15)24-21(17-13-28(26,27)14-18(17)23-24)22-20(25)12-11-16-8-3-2-4-9-16/h2-12H,13-14H2,1H3,(H,22,25)/b12-11+. The minimum Gasteiger partial charge on any atom is -0.307 e. The Kier molecular flexibility index (Phi) is 4.60. The number of nitrogens with zero attached hydrogens (tertiary/aromatic N) is 2. The number of amides is 1. The van der Waals surface area contributed by atoms with Crippen molar-refractivity contribution in [3.63, 3.8) is 0 Å². The molecule has 0 atom stereocenters. The summed E-state index contributed by atoms with van der Waals surface area (Å²) in [5.74, 6) is -0.158. The summed E-state index contributed by atoms with van der Waals surface area (Å²) in [7, 11) is -3.23. The highest BCUT2D eigenvalue weighted by Gasteiger charge is 2.33. The summed E-state index contributed by atoms with van der Waals surface area (Å²) in [6, 6.07) is 17.1. The van der Waals surface area contributed by atoms with Gasteiger partial charge in [0.15, 0.2) is 9.84 Å². The highest BCUT2D eigenvalue weighted by atomic mass is 32.2. The van der Waals surface area contributed by atoms with Gasteiger partial charge < -0.3 is 5.32 Å². The molecule has 4 rings (SSSR count). The second-order valence-corrected chi connectivity index (χ2v) is 8.80. The first-order valence-electron chi connectivity index (χ1n) is 8.84. The zero-order valence-electron chi connectivity index (χ0n) is 15.3. The van der Waals surface area contributed by atoms with Crippen molar-refractivity contribution in [3.8, 4) is 5.69 Å². The predicted octanol–water partition coefficient (Wildman–Crippen LogP) is 3.26. The Labute approximate surface area is 163 Å². The second kappa shape index (κ2) is 7.09. The molecule has 3 aromatic rings. The van der Waals surface area contributed by atoms with E-state index in [9.17, 15) is 13.2 Å². The molecule has 142 valence electrons. The van der Waals surface area contributed by atoms with E-state index in [0.717, 1.165) is 16.8 Å². The van der Waals surface area contributed by atoms with Gasteiger partial charge >= 0.3 is 0 Å². The van der Waals surface area contributed by atoms with E-state index in [2.05, 4.69) is 10.4 Å². The SMILES string of the molecule is Cc1ccccc1-n1nc2c(c1NC(=O)/C=C/c1ccccc1)CS(=O)(=O)C2. The summed E-state index contributed by atoms with van der Waals surface area (Å²) in [4.78, 5) is 12.5. The van der Waals surface area contributed by atoms with Gasteiger partial charge in [0.05, 0.1) is 22.9 Å². The van der Waals surface area contributed by atoms with E-state index >= 15 is 0 Å². The second-order valence-electron chi connectivity index (χ2n) is 6.74. The molecule has 0 radical (unpaired) electrons. The Bertz CT molecular complexity index is 1180. The number of carbonyl (C=O) groups is 1. The highest BCUT2D eigenvalue weighted by Crippen LogP contribution is 2.33. The molecule has 1 aromatic heterocycles. The lowest BCUT2D eigenvalue weighted by Crippen LogP contribution is -2.15. The van der Waals surface area contributed by atoms with E-state index in [0.29, 0.717) is 17.1 Å². The number of carbonyl (C=O) groups excluding carboxylic acids is 1. The molecule has 6 nitrogen and oxygen atoms in total. The van der Waals surface area contributed by atoms with Gasteiger partial charge in [0, 0.05) is 11.6 Å². The smallest absolute Gasteiger partial charge is 0.249 e. The van der Waals surface area contributed by atoms with Crippen LogP contribution in [-0.4, -0.2) is 24.1 Å². The molecule has 1 aliphatic rings. The van der Waals surface area contributed by atoms with Gasteiger partial charge in [-0.1, -0.05) is 48.5 Å². The van der Waals surface area contributed by atoms with Gasteiger partial charge in [-0.05, 0) is 30.2 Å². The maximum atomic E-state index is 12.5. The van der Waals surface area contributed by atoms with Crippen molar-refractivity contribution in [1.29, 1.82) is 0 Å². The van der Waals surface area contributed by atoms with Gasteiger partial charge in [0.1, 0.15) is 5.82 Å². The zero-order chi connectivity index (χ0) is 19.7. The number of hydrogen-bond donors (Lipinski definition) is 1. The number of fused-ring (bicyclic) bond motifs is 1. The highest BCUT2D eigenvalue weighted by molar-refractivity contribution is 7.90. The van der Waals surface area contributed by atoms with Crippen molar-refractivity contribution in [2.45, 2.75) is 18.4 Å². The first kappa shape index (κ1) is 18.2. The number of anilines is 1. The van der Waals surface area contributed by atoms with Crippen molar-refractivity contribution >= 4 is 27.6 Å². The van der Waals surface area contributed by atoms with Crippen LogP contribution in [0.5, 0.6) is 0 Å². The van der Waals surface area contributed by atoms with Gasteiger partial charge in [-0.15, -0.1) is 0 Å². The fourth-order valence-corrected chi connectivity index (χ4v) is 4.73. The molecule has 1 aliphatic heterocycles. The molecule has 0 saturated carbocycles. The third kappa shape index (κ3) is 3.61. The Hall–Kier alpha value is -3.19. The minimum absolute atomic E-state index is 0.107. The topological polar surface area (TPSA) is 81.1 Å². The number of sulfone groups is 1. The molecule has 0 aliphatic carbocycles. The molecule has 2 heterocycles. The van der Waals surface area contributed by atoms with Crippen LogP contribution in [0, 0.1) is 6.92 Å². The lowest BCUT2D eigenvalue weighted by molar-refractivity contribution is -0.111. The van der Waals surface area contributed by atoms with Gasteiger partial charge in [0.2, 0.25) is 5.91 Å². The number of aromatic nitrogens is 2. The van der Waals surface area contributed by atoms with E-state index < -0.39 is 9.84 Å². The van der Waals surface area contributed by atoms with Crippen molar-refractivity contribution in [1.82, 2.24) is 9.78 Å². The molecule has 2 aromatic carbocycles. The lowest BCUT2D eigenvalue weighted by atomic mass is 10.2. The molecule has 1 amide bonds. The number of benzene rings is 2. The van der Waals surface area contributed by atoms with Gasteiger partial charge in [-0.25, -0.2) is 13.1 Å². The molecule has 0 bridgehead atoms. The summed E-state index contributed by atoms with van der Waals surface area (Å²) in [6.45, 7) is 1.94. The third-order valence-electron chi connectivity index (χ3n) is 4.60. The number of para-hydroxylation sites is 1. The van der Waals surface area contributed by atoms with Crippen LogP contribution in [0.1, 0.15) is 22.4 Å². The van der Waals surface area contributed by atoms with Crippen LogP contribution >= 0.6 is 0 Å². The van der Waals surface area contributed by atoms with Crippen LogP contribution in [0.2, 0.25) is 0 Å². The summed E-state index contributed by atoms with van der Waals surface area (Å²) in [6.07, 6.45) is 3.14. The molecular weight excluding hydrogens is 374 g/mol. The lowest BCUT2D eigenvalue weighted by Gasteiger charge is -2.12. The molecular formula is C21H19N3O3S. The summed E-state index contributed by atoms with van der Waals surface area (Å²) in [5, 5.41) is 7.32. The van der Waals surface area contributed by atoms with E-state index in [1.165, 1.54) is 6.08 Å². The number of rotatable bonds is 4. The van der Waals surface area contributed by atoms with E-state index in [4.69, 9.17) is 0 Å². The molecule has 0 spiro atoms. The molecule has 7 heteroatoms. The molecule has 0 fully saturated rings. The maximum absolute atomic E-state index is 12.5. The van der Waals surface area contributed by atoms with Crippen molar-refractivity contribution in [2.24, 2.45) is 0 Å². The fraction of sp³-hybridized carbons (Fsp3) is 0.143. The van der Waals surface area contributed by atoms with Crippen LogP contribution in [0.4, 0.5) is 5.82 Å². The molecule has 0 unspecified atom stereocenters. The van der Waals surface area contributed by atoms with Crippen LogP contribution in [0.3, 0.4) is 0 Å². The number of aryl methyl sites for hydroxylation is 1. The minimum atomic E-state index is -3.23. The Morgan fingerprint density at radius 1 is 1.07 bits per heavy atom. The normalized spacial score (nSPS) is 14.9. The summed E-state index contributed by atoms with van der Waals surface area (Å²) >= 11 is 0. The zero-order valence-corrected chi connectivity index (χ0v) is 16.1. The van der Waals surface area contributed by atoms with Crippen LogP contribution in [0.15, 0.2) is 60.7 Å². The van der Waals surface area contributed by atoms with E-state index in [1.54, 1.807) is 10.8 Å². The molecule has 1 N–H and O–H groups in total. The van der Waals surface area contributed by atoms with Gasteiger partial charge in [0.25, 0.3) is 0 Å². The first-order chi connectivity index (χ1) is 13.4. The Morgan fingerprint density at radius 2 is 1.79 bits per heavy atom. The van der Waals surface area contributed by atoms with Crippen LogP contribution in [-0.2, 0) is 26.1 Å². The number of hydrogen-bond acceptors (Lipinski definition) is 4. The quantitative estimate of drug-likeness (QED) is 0.690. The molecule has 0 saturated heterocycles. The Morgan fingerprint density at radius 3 is 2.54 bits per heavy atom. The first-order valence-corrected chi connectivity index (χ1v) is 10.7. The van der Waals surface area contributed by atoms with Crippen molar-refractivity contribution in [2.75, 3.05) is 5.32 Å². The van der Waals surface area contributed by atoms with E-state index in [-0.39, 0.29) is 17.4 Å². The number of nitrogens with one attached hydrogen (secondary N) is 1. The largest absolute Gasteiger partial charge is 0.307 e. The molecule has 28 heavy (non-hydrogen) atoms. The summed E-state index contributed by atoms with van der Waals surface area (Å²) < 4.78 is 25.7. The maximum Gasteiger partial charge on any atom is 0.249 e. The Balaban J connectivity index is 1.70. The van der Waals surface area contributed by atoms with E-state index in [1.807, 2.05) is 61.5 Å². The average molecular weight is 393 g/mol. The monoisotopic (exact) mass is 393 g/mol. The van der Waals surface area contributed by atoms with Gasteiger partial charge in [-0.3, -0.25) is 4.79 Å². The van der Waals surface area contributed by atoms with Gasteiger partial charge in [-0.2, -0.15) is 5.10 Å². The fourth-order valence-electron chi connectivity index (χ4n) is 3.24. The van der Waals surface area contributed by atoms with Crippen LogP contribution < -0.4 is 5.32 Å². The third-order valence-corrected chi connectivity index (χ3v) is 6.04. The van der Waals surface area contributed by atoms with Crippen molar-refractivity contribution in [3.05, 3.63) is 83.1 Å². The van der Waals surface area contributed by atoms with Crippen LogP contribution in [0.25, 0.3) is 11.8 Å². The predicted molar refractivity (Wildman–Crippen MR) is 109 cm³/mol.